The quantitative estimate of drug-likeness (QED) is 0.878. The molecule has 0 aliphatic heterocycles. The van der Waals surface area contributed by atoms with Gasteiger partial charge in [0.15, 0.2) is 0 Å². The Morgan fingerprint density at radius 3 is 2.50 bits per heavy atom. The average molecular weight is 242 g/mol. The van der Waals surface area contributed by atoms with Gasteiger partial charge in [0.2, 0.25) is 5.95 Å². The average Bonchev–Trinajstić information content (AvgIpc) is 2.65. The summed E-state index contributed by atoms with van der Waals surface area (Å²) < 4.78 is 0. The Balaban J connectivity index is 2.02. The number of likely N-dealkylation sites (N-methyl/N-ethyl adjacent to an activating group) is 1. The maximum atomic E-state index is 10.3. The van der Waals surface area contributed by atoms with Gasteiger partial charge in [-0.3, -0.25) is 0 Å². The molecule has 0 unspecified atom stereocenters. The van der Waals surface area contributed by atoms with Crippen LogP contribution in [0.4, 0.5) is 5.95 Å². The lowest BCUT2D eigenvalue weighted by Gasteiger charge is -2.28. The molecule has 0 saturated heterocycles. The number of rotatable bonds is 3. The number of aliphatic hydroxyl groups is 1. The molecule has 88 valence electrons. The number of anilines is 1. The summed E-state index contributed by atoms with van der Waals surface area (Å²) in [4.78, 5) is 10.1. The van der Waals surface area contributed by atoms with Gasteiger partial charge in [-0.05, 0) is 12.8 Å². The van der Waals surface area contributed by atoms with Gasteiger partial charge in [0.05, 0.1) is 23.0 Å². The summed E-state index contributed by atoms with van der Waals surface area (Å²) in [5.41, 5.74) is -0.572. The fourth-order valence-electron chi connectivity index (χ4n) is 2.21. The van der Waals surface area contributed by atoms with E-state index in [9.17, 15) is 5.11 Å². The number of hydrogen-bond acceptors (Lipinski definition) is 4. The van der Waals surface area contributed by atoms with Gasteiger partial charge in [0, 0.05) is 13.6 Å². The fourth-order valence-corrected chi connectivity index (χ4v) is 2.30. The third kappa shape index (κ3) is 2.62. The van der Waals surface area contributed by atoms with Gasteiger partial charge < -0.3 is 10.0 Å². The predicted molar refractivity (Wildman–Crippen MR) is 63.7 cm³/mol. The van der Waals surface area contributed by atoms with Crippen molar-refractivity contribution in [3.63, 3.8) is 0 Å². The van der Waals surface area contributed by atoms with Crippen molar-refractivity contribution in [1.29, 1.82) is 0 Å². The molecular weight excluding hydrogens is 226 g/mol. The van der Waals surface area contributed by atoms with Crippen molar-refractivity contribution < 1.29 is 5.11 Å². The van der Waals surface area contributed by atoms with E-state index in [2.05, 4.69) is 9.97 Å². The molecule has 1 saturated carbocycles. The van der Waals surface area contributed by atoms with E-state index in [-0.39, 0.29) is 0 Å². The Bertz CT molecular complexity index is 349. The molecule has 1 aromatic heterocycles. The summed E-state index contributed by atoms with van der Waals surface area (Å²) in [6.07, 6.45) is 7.08. The highest BCUT2D eigenvalue weighted by Gasteiger charge is 2.32. The van der Waals surface area contributed by atoms with Gasteiger partial charge in [0.25, 0.3) is 0 Å². The Hall–Kier alpha value is -0.870. The zero-order valence-corrected chi connectivity index (χ0v) is 10.1. The van der Waals surface area contributed by atoms with Crippen LogP contribution in [0.5, 0.6) is 0 Å². The van der Waals surface area contributed by atoms with Crippen LogP contribution in [0.1, 0.15) is 25.7 Å². The minimum Gasteiger partial charge on any atom is -0.388 e. The predicted octanol–water partition coefficient (Wildman–Crippen LogP) is 1.87. The molecule has 0 aromatic carbocycles. The topological polar surface area (TPSA) is 49.2 Å². The Morgan fingerprint density at radius 2 is 1.94 bits per heavy atom. The molecule has 1 aliphatic carbocycles. The highest BCUT2D eigenvalue weighted by molar-refractivity contribution is 6.30. The van der Waals surface area contributed by atoms with E-state index in [1.807, 2.05) is 11.9 Å². The van der Waals surface area contributed by atoms with E-state index in [0.717, 1.165) is 25.7 Å². The van der Waals surface area contributed by atoms with Crippen molar-refractivity contribution in [2.45, 2.75) is 31.3 Å². The van der Waals surface area contributed by atoms with Crippen molar-refractivity contribution in [2.24, 2.45) is 0 Å². The third-order valence-corrected chi connectivity index (χ3v) is 3.21. The van der Waals surface area contributed by atoms with E-state index < -0.39 is 5.60 Å². The summed E-state index contributed by atoms with van der Waals surface area (Å²) >= 11 is 5.72. The van der Waals surface area contributed by atoms with E-state index in [4.69, 9.17) is 11.6 Å². The van der Waals surface area contributed by atoms with Gasteiger partial charge >= 0.3 is 0 Å². The van der Waals surface area contributed by atoms with Crippen LogP contribution in [0.25, 0.3) is 0 Å². The largest absolute Gasteiger partial charge is 0.388 e. The number of halogens is 1. The lowest BCUT2D eigenvalue weighted by molar-refractivity contribution is 0.0556. The summed E-state index contributed by atoms with van der Waals surface area (Å²) in [7, 11) is 1.89. The first kappa shape index (κ1) is 11.6. The molecule has 1 N–H and O–H groups in total. The van der Waals surface area contributed by atoms with Crippen LogP contribution in [0.15, 0.2) is 12.4 Å². The monoisotopic (exact) mass is 241 g/mol. The maximum Gasteiger partial charge on any atom is 0.225 e. The van der Waals surface area contributed by atoms with Gasteiger partial charge in [-0.25, -0.2) is 9.97 Å². The first-order chi connectivity index (χ1) is 7.59. The molecule has 1 fully saturated rings. The van der Waals surface area contributed by atoms with Crippen molar-refractivity contribution >= 4 is 17.5 Å². The van der Waals surface area contributed by atoms with Crippen LogP contribution in [0.3, 0.4) is 0 Å². The second kappa shape index (κ2) is 4.55. The van der Waals surface area contributed by atoms with Crippen LogP contribution in [0, 0.1) is 0 Å². The second-order valence-corrected chi connectivity index (χ2v) is 4.93. The highest BCUT2D eigenvalue weighted by Crippen LogP contribution is 2.30. The van der Waals surface area contributed by atoms with Crippen LogP contribution in [0.2, 0.25) is 5.02 Å². The zero-order chi connectivity index (χ0) is 11.6. The van der Waals surface area contributed by atoms with E-state index in [1.165, 1.54) is 0 Å². The molecule has 1 aliphatic rings. The molecule has 0 atom stereocenters. The van der Waals surface area contributed by atoms with E-state index in [1.54, 1.807) is 12.4 Å². The van der Waals surface area contributed by atoms with Crippen molar-refractivity contribution in [3.05, 3.63) is 17.4 Å². The number of nitrogens with zero attached hydrogens (tertiary/aromatic N) is 3. The van der Waals surface area contributed by atoms with Gasteiger partial charge in [-0.2, -0.15) is 0 Å². The molecule has 2 rings (SSSR count). The molecule has 0 spiro atoms. The second-order valence-electron chi connectivity index (χ2n) is 4.49. The summed E-state index contributed by atoms with van der Waals surface area (Å²) in [6.45, 7) is 0.578. The molecule has 5 heteroatoms. The van der Waals surface area contributed by atoms with Crippen molar-refractivity contribution in [1.82, 2.24) is 9.97 Å². The first-order valence-electron chi connectivity index (χ1n) is 5.50. The minimum absolute atomic E-state index is 0.525. The van der Waals surface area contributed by atoms with Gasteiger partial charge in [-0.1, -0.05) is 24.4 Å². The minimum atomic E-state index is -0.572. The smallest absolute Gasteiger partial charge is 0.225 e. The molecule has 4 nitrogen and oxygen atoms in total. The lowest BCUT2D eigenvalue weighted by atomic mass is 10.0. The Kier molecular flexibility index (Phi) is 3.30. The Morgan fingerprint density at radius 1 is 1.38 bits per heavy atom. The highest BCUT2D eigenvalue weighted by atomic mass is 35.5. The molecule has 1 aromatic rings. The summed E-state index contributed by atoms with van der Waals surface area (Å²) in [5, 5.41) is 10.8. The lowest BCUT2D eigenvalue weighted by Crippen LogP contribution is -2.39. The summed E-state index contributed by atoms with van der Waals surface area (Å²) in [6, 6.07) is 0. The third-order valence-electron chi connectivity index (χ3n) is 3.01. The molecule has 0 bridgehead atoms. The molecular formula is C11H16ClN3O. The molecule has 16 heavy (non-hydrogen) atoms. The Labute approximate surface area is 100 Å². The van der Waals surface area contributed by atoms with Gasteiger partial charge in [0.1, 0.15) is 0 Å². The molecule has 1 heterocycles. The van der Waals surface area contributed by atoms with Crippen LogP contribution >= 0.6 is 11.6 Å². The SMILES string of the molecule is CN(CC1(O)CCCC1)c1ncc(Cl)cn1. The zero-order valence-electron chi connectivity index (χ0n) is 9.36. The number of aromatic nitrogens is 2. The standard InChI is InChI=1S/C11H16ClN3O/c1-15(8-11(16)4-2-3-5-11)10-13-6-9(12)7-14-10/h6-7,16H,2-5,8H2,1H3. The number of hydrogen-bond donors (Lipinski definition) is 1. The van der Waals surface area contributed by atoms with Crippen molar-refractivity contribution in [2.75, 3.05) is 18.5 Å². The van der Waals surface area contributed by atoms with Gasteiger partial charge in [-0.15, -0.1) is 0 Å². The van der Waals surface area contributed by atoms with Crippen LogP contribution in [-0.4, -0.2) is 34.3 Å². The van der Waals surface area contributed by atoms with E-state index >= 15 is 0 Å². The van der Waals surface area contributed by atoms with E-state index in [0.29, 0.717) is 17.5 Å². The molecule has 0 radical (unpaired) electrons. The summed E-state index contributed by atoms with van der Waals surface area (Å²) in [5.74, 6) is 0.602. The molecule has 0 amide bonds. The van der Waals surface area contributed by atoms with Crippen LogP contribution in [-0.2, 0) is 0 Å². The normalized spacial score (nSPS) is 18.7. The maximum absolute atomic E-state index is 10.3. The fraction of sp³-hybridized carbons (Fsp3) is 0.636. The van der Waals surface area contributed by atoms with Crippen LogP contribution < -0.4 is 4.90 Å². The first-order valence-corrected chi connectivity index (χ1v) is 5.88. The van der Waals surface area contributed by atoms with Crippen molar-refractivity contribution in [3.8, 4) is 0 Å².